The van der Waals surface area contributed by atoms with Gasteiger partial charge in [0.1, 0.15) is 11.2 Å². The SMILES string of the molecule is Cc1cc(C(C)(C)C)ccc1N1B2c3cc(C(C)(C)C)cc4c3N(c3cc(C(C)(C)C)cc(c32)-c2cc3oc5ccccc5c3cc21)C1(C)CCCCC41C. The maximum atomic E-state index is 6.68. The lowest BCUT2D eigenvalue weighted by Gasteiger charge is -2.53. The standard InChI is InChI=1S/C51H57BN2O/c1-30-23-31(47(2,3)4)19-20-40(30)54-41-28-36-34-17-13-14-18-43(34)55-44(36)29-35(41)37-24-32(48(5,6)7)27-42-45(37)52(54)39-26-33(49(8,9)10)25-38-46(39)53(42)51(12)22-16-15-21-50(38,51)11/h13-14,17-20,23-29H,15-16,21-22H2,1-12H3. The lowest BCUT2D eigenvalue weighted by Crippen LogP contribution is -2.65. The lowest BCUT2D eigenvalue weighted by molar-refractivity contribution is 0.195. The Labute approximate surface area is 329 Å². The van der Waals surface area contributed by atoms with E-state index in [4.69, 9.17) is 4.42 Å². The number of rotatable bonds is 1. The Bertz CT molecular complexity index is 2630. The molecule has 0 bridgehead atoms. The number of benzene rings is 5. The molecule has 3 aliphatic heterocycles. The van der Waals surface area contributed by atoms with Crippen molar-refractivity contribution >= 4 is 62.5 Å². The molecule has 55 heavy (non-hydrogen) atoms. The van der Waals surface area contributed by atoms with E-state index < -0.39 is 0 Å². The number of fused-ring (bicyclic) bond motifs is 10. The van der Waals surface area contributed by atoms with Crippen LogP contribution >= 0.6 is 0 Å². The Hall–Kier alpha value is -4.44. The molecule has 0 amide bonds. The topological polar surface area (TPSA) is 19.6 Å². The first-order chi connectivity index (χ1) is 25.8. The van der Waals surface area contributed by atoms with Crippen LogP contribution in [0.3, 0.4) is 0 Å². The van der Waals surface area contributed by atoms with Gasteiger partial charge in [0.15, 0.2) is 0 Å². The van der Waals surface area contributed by atoms with Gasteiger partial charge in [-0.05, 0) is 118 Å². The van der Waals surface area contributed by atoms with Gasteiger partial charge in [-0.1, -0.05) is 131 Å². The highest BCUT2D eigenvalue weighted by Gasteiger charge is 2.62. The van der Waals surface area contributed by atoms with Crippen LogP contribution in [-0.2, 0) is 21.7 Å². The highest BCUT2D eigenvalue weighted by Crippen LogP contribution is 2.63. The summed E-state index contributed by atoms with van der Waals surface area (Å²) < 4.78 is 6.68. The number of aryl methyl sites for hydroxylation is 1. The average Bonchev–Trinajstić information content (AvgIpc) is 3.58. The minimum absolute atomic E-state index is 0.000901. The highest BCUT2D eigenvalue weighted by molar-refractivity contribution is 6.93. The molecule has 4 heterocycles. The van der Waals surface area contributed by atoms with Crippen LogP contribution in [-0.4, -0.2) is 12.4 Å². The molecule has 2 unspecified atom stereocenters. The summed E-state index contributed by atoms with van der Waals surface area (Å²) in [6.07, 6.45) is 4.95. The fourth-order valence-corrected chi connectivity index (χ4v) is 11.0. The molecule has 4 heteroatoms. The summed E-state index contributed by atoms with van der Waals surface area (Å²) in [5.41, 5.74) is 19.9. The summed E-state index contributed by atoms with van der Waals surface area (Å²) in [5, 5.41) is 2.35. The maximum Gasteiger partial charge on any atom is 0.333 e. The zero-order chi connectivity index (χ0) is 38.8. The first-order valence-corrected chi connectivity index (χ1v) is 20.8. The van der Waals surface area contributed by atoms with Gasteiger partial charge in [0.05, 0.1) is 5.54 Å². The summed E-state index contributed by atoms with van der Waals surface area (Å²) in [4.78, 5) is 5.62. The summed E-state index contributed by atoms with van der Waals surface area (Å²) in [5.74, 6) is 0. The molecule has 0 N–H and O–H groups in total. The molecule has 1 saturated carbocycles. The van der Waals surface area contributed by atoms with Crippen molar-refractivity contribution in [2.45, 2.75) is 136 Å². The highest BCUT2D eigenvalue weighted by atomic mass is 16.3. The molecule has 0 saturated heterocycles. The van der Waals surface area contributed by atoms with E-state index in [0.717, 1.165) is 11.2 Å². The van der Waals surface area contributed by atoms with Gasteiger partial charge in [0.25, 0.3) is 0 Å². The number of furan rings is 1. The van der Waals surface area contributed by atoms with Gasteiger partial charge < -0.3 is 14.1 Å². The molecule has 5 aromatic carbocycles. The van der Waals surface area contributed by atoms with Gasteiger partial charge in [0, 0.05) is 44.5 Å². The molecule has 1 fully saturated rings. The summed E-state index contributed by atoms with van der Waals surface area (Å²) in [7, 11) is 0. The Kier molecular flexibility index (Phi) is 6.94. The second-order valence-electron chi connectivity index (χ2n) is 21.1. The fourth-order valence-electron chi connectivity index (χ4n) is 11.0. The fraction of sp³-hybridized carbons (Fsp3) is 0.412. The van der Waals surface area contributed by atoms with Gasteiger partial charge in [0.2, 0.25) is 0 Å². The van der Waals surface area contributed by atoms with Crippen molar-refractivity contribution in [1.29, 1.82) is 0 Å². The van der Waals surface area contributed by atoms with Crippen LogP contribution in [0.4, 0.5) is 22.7 Å². The van der Waals surface area contributed by atoms with E-state index in [1.165, 1.54) is 104 Å². The number of anilines is 4. The third kappa shape index (κ3) is 4.63. The van der Waals surface area contributed by atoms with Crippen LogP contribution in [0.5, 0.6) is 0 Å². The van der Waals surface area contributed by atoms with Crippen molar-refractivity contribution < 1.29 is 4.42 Å². The smallest absolute Gasteiger partial charge is 0.333 e. The lowest BCUT2D eigenvalue weighted by atomic mass is 9.42. The first kappa shape index (κ1) is 35.0. The zero-order valence-corrected chi connectivity index (χ0v) is 35.2. The Morgan fingerprint density at radius 2 is 1.31 bits per heavy atom. The molecule has 10 rings (SSSR count). The Morgan fingerprint density at radius 1 is 0.618 bits per heavy atom. The van der Waals surface area contributed by atoms with E-state index in [1.807, 2.05) is 0 Å². The van der Waals surface area contributed by atoms with E-state index in [9.17, 15) is 0 Å². The number of nitrogens with zero attached hydrogens (tertiary/aromatic N) is 2. The second kappa shape index (κ2) is 10.9. The molecular formula is C51H57BN2O. The minimum atomic E-state index is -0.0356. The third-order valence-electron chi connectivity index (χ3n) is 14.6. The predicted molar refractivity (Wildman–Crippen MR) is 236 cm³/mol. The van der Waals surface area contributed by atoms with Crippen molar-refractivity contribution in [2.75, 3.05) is 9.71 Å². The van der Waals surface area contributed by atoms with E-state index in [2.05, 4.69) is 172 Å². The largest absolute Gasteiger partial charge is 0.456 e. The quantitative estimate of drug-likeness (QED) is 0.157. The molecule has 0 radical (unpaired) electrons. The van der Waals surface area contributed by atoms with E-state index in [1.54, 1.807) is 5.56 Å². The van der Waals surface area contributed by atoms with E-state index in [0.29, 0.717) is 0 Å². The van der Waals surface area contributed by atoms with Gasteiger partial charge >= 0.3 is 6.85 Å². The molecule has 3 nitrogen and oxygen atoms in total. The van der Waals surface area contributed by atoms with Crippen molar-refractivity contribution in [3.8, 4) is 11.1 Å². The van der Waals surface area contributed by atoms with E-state index in [-0.39, 0.29) is 34.0 Å². The zero-order valence-electron chi connectivity index (χ0n) is 35.2. The summed E-state index contributed by atoms with van der Waals surface area (Å²) in [6.45, 7) is 28.9. The van der Waals surface area contributed by atoms with Crippen molar-refractivity contribution in [1.82, 2.24) is 0 Å². The predicted octanol–water partition coefficient (Wildman–Crippen LogP) is 12.8. The number of hydrogen-bond donors (Lipinski definition) is 0. The molecule has 1 aliphatic carbocycles. The molecule has 1 aromatic heterocycles. The van der Waals surface area contributed by atoms with Crippen LogP contribution in [0.15, 0.2) is 83.3 Å². The first-order valence-electron chi connectivity index (χ1n) is 20.8. The number of hydrogen-bond acceptors (Lipinski definition) is 3. The maximum absolute atomic E-state index is 6.68. The van der Waals surface area contributed by atoms with Crippen LogP contribution in [0, 0.1) is 6.92 Å². The molecule has 2 atom stereocenters. The minimum Gasteiger partial charge on any atom is -0.456 e. The Balaban J connectivity index is 1.39. The van der Waals surface area contributed by atoms with Gasteiger partial charge in [-0.3, -0.25) is 0 Å². The molecule has 0 spiro atoms. The van der Waals surface area contributed by atoms with Crippen LogP contribution < -0.4 is 20.6 Å². The van der Waals surface area contributed by atoms with Crippen molar-refractivity contribution in [2.24, 2.45) is 0 Å². The van der Waals surface area contributed by atoms with Gasteiger partial charge in [-0.2, -0.15) is 0 Å². The molecule has 280 valence electrons. The van der Waals surface area contributed by atoms with E-state index >= 15 is 0 Å². The summed E-state index contributed by atoms with van der Waals surface area (Å²) >= 11 is 0. The van der Waals surface area contributed by atoms with Crippen molar-refractivity contribution in [3.63, 3.8) is 0 Å². The Morgan fingerprint density at radius 3 is 2.02 bits per heavy atom. The average molecular weight is 725 g/mol. The third-order valence-corrected chi connectivity index (χ3v) is 14.6. The normalized spacial score (nSPS) is 21.6. The monoisotopic (exact) mass is 724 g/mol. The molecule has 4 aliphatic rings. The van der Waals surface area contributed by atoms with Gasteiger partial charge in [-0.25, -0.2) is 0 Å². The summed E-state index contributed by atoms with van der Waals surface area (Å²) in [6, 6.07) is 31.0. The van der Waals surface area contributed by atoms with Crippen LogP contribution in [0.2, 0.25) is 0 Å². The number of para-hydroxylation sites is 1. The van der Waals surface area contributed by atoms with Crippen LogP contribution in [0.25, 0.3) is 33.1 Å². The molecular weight excluding hydrogens is 667 g/mol. The van der Waals surface area contributed by atoms with Crippen molar-refractivity contribution in [3.05, 3.63) is 107 Å². The second-order valence-corrected chi connectivity index (χ2v) is 21.1. The van der Waals surface area contributed by atoms with Gasteiger partial charge in [-0.15, -0.1) is 0 Å². The van der Waals surface area contributed by atoms with Crippen LogP contribution in [0.1, 0.15) is 130 Å². The molecule has 6 aromatic rings.